The minimum atomic E-state index is -0.712. The van der Waals surface area contributed by atoms with Crippen molar-refractivity contribution in [2.45, 2.75) is 31.3 Å². The Morgan fingerprint density at radius 2 is 2.12 bits per heavy atom. The predicted molar refractivity (Wildman–Crippen MR) is 72.1 cm³/mol. The quantitative estimate of drug-likeness (QED) is 0.643. The largest absolute Gasteiger partial charge is 0.398 e. The molecule has 0 radical (unpaired) electrons. The third-order valence-corrected chi connectivity index (χ3v) is 4.65. The molecule has 0 bridgehead atoms. The van der Waals surface area contributed by atoms with Gasteiger partial charge in [0.1, 0.15) is 0 Å². The number of hydrogen-bond acceptors (Lipinski definition) is 3. The second-order valence-corrected chi connectivity index (χ2v) is 5.85. The molecule has 0 spiro atoms. The number of nitrogen functional groups attached to an aromatic ring is 1. The number of hydrogen-bond donors (Lipinski definition) is 2. The Morgan fingerprint density at radius 3 is 2.62 bits per heavy atom. The molecule has 0 aliphatic heterocycles. The third kappa shape index (κ3) is 3.30. The molecule has 0 heterocycles. The van der Waals surface area contributed by atoms with Gasteiger partial charge in [-0.1, -0.05) is 31.5 Å². The standard InChI is InChI=1S/C12H18ClNOS/c1-8(2)12(3,15)7-16-11-9(13)5-4-6-10(11)14/h4-6,8,15H,7,14H2,1-3H3. The Morgan fingerprint density at radius 1 is 1.50 bits per heavy atom. The van der Waals surface area contributed by atoms with Crippen molar-refractivity contribution >= 4 is 29.1 Å². The Bertz CT molecular complexity index is 346. The molecule has 0 aliphatic carbocycles. The zero-order chi connectivity index (χ0) is 12.3. The number of halogens is 1. The molecule has 0 fully saturated rings. The highest BCUT2D eigenvalue weighted by Crippen LogP contribution is 2.35. The van der Waals surface area contributed by atoms with Crippen LogP contribution in [-0.2, 0) is 0 Å². The maximum absolute atomic E-state index is 10.1. The fourth-order valence-corrected chi connectivity index (χ4v) is 2.62. The van der Waals surface area contributed by atoms with Gasteiger partial charge in [0.25, 0.3) is 0 Å². The number of aliphatic hydroxyl groups is 1. The Kier molecular flexibility index (Phi) is 4.53. The number of rotatable bonds is 4. The lowest BCUT2D eigenvalue weighted by Crippen LogP contribution is -2.33. The minimum Gasteiger partial charge on any atom is -0.398 e. The summed E-state index contributed by atoms with van der Waals surface area (Å²) in [5.74, 6) is 0.780. The van der Waals surface area contributed by atoms with Crippen LogP contribution in [0.3, 0.4) is 0 Å². The van der Waals surface area contributed by atoms with Crippen molar-refractivity contribution < 1.29 is 5.11 Å². The van der Waals surface area contributed by atoms with Crippen LogP contribution in [0.2, 0.25) is 5.02 Å². The smallest absolute Gasteiger partial charge is 0.0736 e. The van der Waals surface area contributed by atoms with Gasteiger partial charge in [-0.3, -0.25) is 0 Å². The molecule has 90 valence electrons. The molecule has 0 saturated heterocycles. The van der Waals surface area contributed by atoms with Crippen LogP contribution in [0.5, 0.6) is 0 Å². The maximum atomic E-state index is 10.1. The topological polar surface area (TPSA) is 46.2 Å². The summed E-state index contributed by atoms with van der Waals surface area (Å²) in [6.07, 6.45) is 0. The fourth-order valence-electron chi connectivity index (χ4n) is 1.06. The molecule has 16 heavy (non-hydrogen) atoms. The van der Waals surface area contributed by atoms with Gasteiger partial charge in [0.15, 0.2) is 0 Å². The summed E-state index contributed by atoms with van der Waals surface area (Å²) in [7, 11) is 0. The first kappa shape index (κ1) is 13.7. The lowest BCUT2D eigenvalue weighted by atomic mass is 9.95. The van der Waals surface area contributed by atoms with Crippen molar-refractivity contribution in [3.8, 4) is 0 Å². The average Bonchev–Trinajstić information content (AvgIpc) is 2.16. The van der Waals surface area contributed by atoms with Crippen molar-refractivity contribution in [1.29, 1.82) is 0 Å². The van der Waals surface area contributed by atoms with Crippen LogP contribution in [0.15, 0.2) is 23.1 Å². The number of anilines is 1. The summed E-state index contributed by atoms with van der Waals surface area (Å²) >= 11 is 7.56. The summed E-state index contributed by atoms with van der Waals surface area (Å²) in [4.78, 5) is 0.852. The van der Waals surface area contributed by atoms with E-state index in [9.17, 15) is 5.11 Å². The van der Waals surface area contributed by atoms with Crippen LogP contribution in [0.4, 0.5) is 5.69 Å². The van der Waals surface area contributed by atoms with Crippen LogP contribution >= 0.6 is 23.4 Å². The Balaban J connectivity index is 2.75. The first-order valence-corrected chi connectivity index (χ1v) is 6.60. The molecule has 1 aromatic carbocycles. The van der Waals surface area contributed by atoms with Crippen molar-refractivity contribution in [3.63, 3.8) is 0 Å². The molecule has 0 aromatic heterocycles. The second-order valence-electron chi connectivity index (χ2n) is 4.46. The molecule has 2 nitrogen and oxygen atoms in total. The van der Waals surface area contributed by atoms with Crippen LogP contribution in [0.1, 0.15) is 20.8 Å². The van der Waals surface area contributed by atoms with Crippen LogP contribution in [-0.4, -0.2) is 16.5 Å². The fraction of sp³-hybridized carbons (Fsp3) is 0.500. The maximum Gasteiger partial charge on any atom is 0.0736 e. The molecule has 1 rings (SSSR count). The summed E-state index contributed by atoms with van der Waals surface area (Å²) in [5.41, 5.74) is 5.79. The molecule has 3 N–H and O–H groups in total. The molecule has 1 atom stereocenters. The van der Waals surface area contributed by atoms with E-state index in [1.54, 1.807) is 0 Å². The van der Waals surface area contributed by atoms with E-state index < -0.39 is 5.60 Å². The highest BCUT2D eigenvalue weighted by molar-refractivity contribution is 7.99. The summed E-state index contributed by atoms with van der Waals surface area (Å²) in [6.45, 7) is 5.82. The van der Waals surface area contributed by atoms with Crippen molar-refractivity contribution in [2.24, 2.45) is 5.92 Å². The molecular weight excluding hydrogens is 242 g/mol. The zero-order valence-corrected chi connectivity index (χ0v) is 11.4. The van der Waals surface area contributed by atoms with E-state index in [4.69, 9.17) is 17.3 Å². The Labute approximate surface area is 106 Å². The molecular formula is C12H18ClNOS. The number of nitrogens with two attached hydrogens (primary N) is 1. The first-order valence-electron chi connectivity index (χ1n) is 5.24. The molecule has 1 aromatic rings. The minimum absolute atomic E-state index is 0.198. The molecule has 4 heteroatoms. The van der Waals surface area contributed by atoms with Crippen molar-refractivity contribution in [1.82, 2.24) is 0 Å². The molecule has 0 aliphatic rings. The summed E-state index contributed by atoms with van der Waals surface area (Å²) < 4.78 is 0. The van der Waals surface area contributed by atoms with E-state index in [0.29, 0.717) is 16.5 Å². The van der Waals surface area contributed by atoms with Crippen molar-refractivity contribution in [3.05, 3.63) is 23.2 Å². The van der Waals surface area contributed by atoms with Gasteiger partial charge in [0.05, 0.1) is 10.6 Å². The van der Waals surface area contributed by atoms with Gasteiger partial charge >= 0.3 is 0 Å². The summed E-state index contributed by atoms with van der Waals surface area (Å²) in [5, 5.41) is 10.8. The summed E-state index contributed by atoms with van der Waals surface area (Å²) in [6, 6.07) is 5.45. The first-order chi connectivity index (χ1) is 7.34. The van der Waals surface area contributed by atoms with E-state index >= 15 is 0 Å². The highest BCUT2D eigenvalue weighted by Gasteiger charge is 2.25. The third-order valence-electron chi connectivity index (χ3n) is 2.75. The lowest BCUT2D eigenvalue weighted by Gasteiger charge is -2.27. The molecule has 0 saturated carbocycles. The average molecular weight is 260 g/mol. The second kappa shape index (κ2) is 5.30. The SMILES string of the molecule is CC(C)C(C)(O)CSc1c(N)cccc1Cl. The lowest BCUT2D eigenvalue weighted by molar-refractivity contribution is 0.0376. The van der Waals surface area contributed by atoms with Gasteiger partial charge in [-0.25, -0.2) is 0 Å². The van der Waals surface area contributed by atoms with Gasteiger partial charge in [0, 0.05) is 16.3 Å². The molecule has 0 amide bonds. The van der Waals surface area contributed by atoms with Gasteiger partial charge in [-0.15, -0.1) is 11.8 Å². The molecule has 1 unspecified atom stereocenters. The Hall–Kier alpha value is -0.380. The van der Waals surface area contributed by atoms with Gasteiger partial charge in [-0.2, -0.15) is 0 Å². The highest BCUT2D eigenvalue weighted by atomic mass is 35.5. The number of benzene rings is 1. The van der Waals surface area contributed by atoms with Crippen LogP contribution in [0.25, 0.3) is 0 Å². The van der Waals surface area contributed by atoms with E-state index in [1.807, 2.05) is 39.0 Å². The predicted octanol–water partition coefficient (Wildman–Crippen LogP) is 3.42. The van der Waals surface area contributed by atoms with E-state index in [1.165, 1.54) is 11.8 Å². The van der Waals surface area contributed by atoms with E-state index in [2.05, 4.69) is 0 Å². The van der Waals surface area contributed by atoms with Gasteiger partial charge < -0.3 is 10.8 Å². The van der Waals surface area contributed by atoms with Crippen LogP contribution < -0.4 is 5.73 Å². The van der Waals surface area contributed by atoms with Gasteiger partial charge in [-0.05, 0) is 25.0 Å². The van der Waals surface area contributed by atoms with Crippen molar-refractivity contribution in [2.75, 3.05) is 11.5 Å². The monoisotopic (exact) mass is 259 g/mol. The van der Waals surface area contributed by atoms with E-state index in [0.717, 1.165) is 4.90 Å². The zero-order valence-electron chi connectivity index (χ0n) is 9.83. The normalized spacial score (nSPS) is 15.1. The number of thioether (sulfide) groups is 1. The van der Waals surface area contributed by atoms with Crippen LogP contribution in [0, 0.1) is 5.92 Å². The van der Waals surface area contributed by atoms with Gasteiger partial charge in [0.2, 0.25) is 0 Å². The van der Waals surface area contributed by atoms with E-state index in [-0.39, 0.29) is 5.92 Å².